The van der Waals surface area contributed by atoms with Crippen molar-refractivity contribution in [3.63, 3.8) is 0 Å². The van der Waals surface area contributed by atoms with Crippen molar-refractivity contribution in [1.82, 2.24) is 4.57 Å². The van der Waals surface area contributed by atoms with Crippen molar-refractivity contribution in [3.05, 3.63) is 47.3 Å². The van der Waals surface area contributed by atoms with Crippen LogP contribution in [0.15, 0.2) is 30.5 Å². The van der Waals surface area contributed by atoms with Crippen LogP contribution in [-0.2, 0) is 18.3 Å². The molecule has 0 spiro atoms. The summed E-state index contributed by atoms with van der Waals surface area (Å²) in [6, 6.07) is 7.47. The van der Waals surface area contributed by atoms with E-state index in [-0.39, 0.29) is 24.0 Å². The maximum absolute atomic E-state index is 12.6. The second-order valence-corrected chi connectivity index (χ2v) is 5.48. The monoisotopic (exact) mass is 302 g/mol. The molecule has 1 aromatic carbocycles. The molecule has 1 aliphatic rings. The van der Waals surface area contributed by atoms with E-state index in [0.29, 0.717) is 11.4 Å². The number of Topliss-reactive ketones (excluding diaryl/α,β-unsaturated/α-hetero) is 1. The van der Waals surface area contributed by atoms with E-state index in [9.17, 15) is 9.59 Å². The number of amides is 1. The van der Waals surface area contributed by atoms with Crippen molar-refractivity contribution in [2.45, 2.75) is 13.3 Å². The Morgan fingerprint density at radius 2 is 2.05 bits per heavy atom. The highest BCUT2D eigenvalue weighted by Gasteiger charge is 2.32. The minimum Gasteiger partial charge on any atom is -0.346 e. The molecule has 2 aromatic rings. The van der Waals surface area contributed by atoms with Crippen LogP contribution in [0.4, 0.5) is 11.4 Å². The van der Waals surface area contributed by atoms with Crippen LogP contribution in [0.25, 0.3) is 0 Å². The number of aromatic nitrogens is 1. The molecule has 21 heavy (non-hydrogen) atoms. The third-order valence-electron chi connectivity index (χ3n) is 3.77. The maximum Gasteiger partial charge on any atom is 0.246 e. The number of carbonyl (C=O) groups excluding carboxylic acids is 2. The first kappa shape index (κ1) is 13.9. The molecule has 0 saturated heterocycles. The van der Waals surface area contributed by atoms with Crippen LogP contribution < -0.4 is 4.90 Å². The Kier molecular flexibility index (Phi) is 3.33. The summed E-state index contributed by atoms with van der Waals surface area (Å²) in [6.45, 7) is 1.90. The lowest BCUT2D eigenvalue weighted by atomic mass is 10.1. The highest BCUT2D eigenvalue weighted by Crippen LogP contribution is 2.38. The van der Waals surface area contributed by atoms with Crippen molar-refractivity contribution in [3.8, 4) is 0 Å². The number of alkyl halides is 1. The van der Waals surface area contributed by atoms with Gasteiger partial charge in [0.2, 0.25) is 5.91 Å². The predicted octanol–water partition coefficient (Wildman–Crippen LogP) is 2.98. The number of rotatable bonds is 1. The number of benzene rings is 1. The minimum atomic E-state index is -0.227. The first-order valence-corrected chi connectivity index (χ1v) is 7.24. The Bertz CT molecular complexity index is 749. The van der Waals surface area contributed by atoms with Gasteiger partial charge in [0.25, 0.3) is 0 Å². The minimum absolute atomic E-state index is 0.0120. The van der Waals surface area contributed by atoms with Crippen LogP contribution in [0.5, 0.6) is 0 Å². The smallest absolute Gasteiger partial charge is 0.246 e. The van der Waals surface area contributed by atoms with Crippen LogP contribution in [0.1, 0.15) is 21.6 Å². The molecule has 0 aliphatic carbocycles. The van der Waals surface area contributed by atoms with Crippen LogP contribution in [0, 0.1) is 6.92 Å². The van der Waals surface area contributed by atoms with Crippen LogP contribution in [0.3, 0.4) is 0 Å². The standard InChI is InChI=1S/C16H15ClN2O2/c1-10-9-18(2)16-13(20)7-11-5-3-4-6-12(11)19(15(10)16)14(21)8-17/h3-6,9H,7-8H2,1-2H3. The average molecular weight is 303 g/mol. The summed E-state index contributed by atoms with van der Waals surface area (Å²) in [5, 5.41) is 0. The zero-order chi connectivity index (χ0) is 15.1. The number of fused-ring (bicyclic) bond motifs is 2. The number of halogens is 1. The van der Waals surface area contributed by atoms with E-state index < -0.39 is 0 Å². The fraction of sp³-hybridized carbons (Fsp3) is 0.250. The lowest BCUT2D eigenvalue weighted by Crippen LogP contribution is -2.28. The first-order chi connectivity index (χ1) is 10.0. The van der Waals surface area contributed by atoms with Crippen LogP contribution in [0.2, 0.25) is 0 Å². The fourth-order valence-electron chi connectivity index (χ4n) is 2.96. The van der Waals surface area contributed by atoms with Crippen molar-refractivity contribution in [1.29, 1.82) is 0 Å². The van der Waals surface area contributed by atoms with Gasteiger partial charge in [-0.3, -0.25) is 14.5 Å². The van der Waals surface area contributed by atoms with Crippen molar-refractivity contribution < 1.29 is 9.59 Å². The molecule has 1 aromatic heterocycles. The molecule has 0 bridgehead atoms. The van der Waals surface area contributed by atoms with E-state index in [1.54, 1.807) is 9.47 Å². The van der Waals surface area contributed by atoms with E-state index in [1.807, 2.05) is 44.4 Å². The van der Waals surface area contributed by atoms with Gasteiger partial charge >= 0.3 is 0 Å². The number of para-hydroxylation sites is 1. The molecule has 1 amide bonds. The number of anilines is 2. The highest BCUT2D eigenvalue weighted by molar-refractivity contribution is 6.31. The first-order valence-electron chi connectivity index (χ1n) is 6.70. The summed E-state index contributed by atoms with van der Waals surface area (Å²) in [4.78, 5) is 26.5. The summed E-state index contributed by atoms with van der Waals surface area (Å²) >= 11 is 5.78. The normalized spacial score (nSPS) is 13.7. The average Bonchev–Trinajstić information content (AvgIpc) is 2.67. The Hall–Kier alpha value is -2.07. The molecule has 0 saturated carbocycles. The SMILES string of the molecule is Cc1cn(C)c2c1N(C(=O)CCl)c1ccccc1CC2=O. The number of ketones is 1. The number of hydrogen-bond acceptors (Lipinski definition) is 2. The number of nitrogens with zero attached hydrogens (tertiary/aromatic N) is 2. The largest absolute Gasteiger partial charge is 0.346 e. The zero-order valence-corrected chi connectivity index (χ0v) is 12.6. The van der Waals surface area contributed by atoms with Gasteiger partial charge in [-0.2, -0.15) is 0 Å². The lowest BCUT2D eigenvalue weighted by molar-refractivity contribution is -0.115. The molecular formula is C16H15ClN2O2. The van der Waals surface area contributed by atoms with Gasteiger partial charge in [-0.15, -0.1) is 11.6 Å². The van der Waals surface area contributed by atoms with E-state index >= 15 is 0 Å². The van der Waals surface area contributed by atoms with Crippen molar-refractivity contribution >= 4 is 34.7 Å². The highest BCUT2D eigenvalue weighted by atomic mass is 35.5. The van der Waals surface area contributed by atoms with E-state index in [0.717, 1.165) is 16.8 Å². The molecule has 0 fully saturated rings. The number of aryl methyl sites for hydroxylation is 2. The Balaban J connectivity index is 2.34. The quantitative estimate of drug-likeness (QED) is 0.760. The Morgan fingerprint density at radius 1 is 1.33 bits per heavy atom. The second-order valence-electron chi connectivity index (χ2n) is 5.21. The molecule has 108 valence electrons. The van der Waals surface area contributed by atoms with Crippen molar-refractivity contribution in [2.24, 2.45) is 7.05 Å². The summed E-state index contributed by atoms with van der Waals surface area (Å²) in [6.07, 6.45) is 2.15. The van der Waals surface area contributed by atoms with Gasteiger partial charge in [-0.1, -0.05) is 18.2 Å². The molecule has 1 aliphatic heterocycles. The van der Waals surface area contributed by atoms with Gasteiger partial charge < -0.3 is 4.57 Å². The molecule has 0 atom stereocenters. The molecule has 4 nitrogen and oxygen atoms in total. The third-order valence-corrected chi connectivity index (χ3v) is 4.00. The summed E-state index contributed by atoms with van der Waals surface area (Å²) < 4.78 is 1.79. The predicted molar refractivity (Wildman–Crippen MR) is 82.5 cm³/mol. The Labute approximate surface area is 127 Å². The molecule has 0 N–H and O–H groups in total. The Morgan fingerprint density at radius 3 is 2.76 bits per heavy atom. The van der Waals surface area contributed by atoms with Gasteiger partial charge in [0, 0.05) is 19.7 Å². The molecule has 0 radical (unpaired) electrons. The molecule has 5 heteroatoms. The summed E-state index contributed by atoms with van der Waals surface area (Å²) in [7, 11) is 1.82. The molecule has 0 unspecified atom stereocenters. The zero-order valence-electron chi connectivity index (χ0n) is 11.9. The van der Waals surface area contributed by atoms with E-state index in [4.69, 9.17) is 11.6 Å². The molecule has 2 heterocycles. The third kappa shape index (κ3) is 2.07. The summed E-state index contributed by atoms with van der Waals surface area (Å²) in [5.41, 5.74) is 3.68. The van der Waals surface area contributed by atoms with Gasteiger partial charge in [0.1, 0.15) is 11.6 Å². The number of hydrogen-bond donors (Lipinski definition) is 0. The fourth-order valence-corrected chi connectivity index (χ4v) is 3.07. The van der Waals surface area contributed by atoms with Crippen molar-refractivity contribution in [2.75, 3.05) is 10.8 Å². The number of carbonyl (C=O) groups is 2. The van der Waals surface area contributed by atoms with Gasteiger partial charge in [-0.25, -0.2) is 0 Å². The van der Waals surface area contributed by atoms with Gasteiger partial charge in [-0.05, 0) is 24.1 Å². The molecular weight excluding hydrogens is 288 g/mol. The van der Waals surface area contributed by atoms with E-state index in [2.05, 4.69) is 0 Å². The second kappa shape index (κ2) is 5.04. The van der Waals surface area contributed by atoms with Crippen LogP contribution >= 0.6 is 11.6 Å². The topological polar surface area (TPSA) is 42.3 Å². The lowest BCUT2D eigenvalue weighted by Gasteiger charge is -2.23. The van der Waals surface area contributed by atoms with E-state index in [1.165, 1.54) is 0 Å². The maximum atomic E-state index is 12.6. The van der Waals surface area contributed by atoms with Crippen LogP contribution in [-0.4, -0.2) is 22.1 Å². The molecule has 3 rings (SSSR count). The van der Waals surface area contributed by atoms with Gasteiger partial charge in [0.15, 0.2) is 5.78 Å². The summed E-state index contributed by atoms with van der Waals surface area (Å²) in [5.74, 6) is -0.344. The van der Waals surface area contributed by atoms with Gasteiger partial charge in [0.05, 0.1) is 11.4 Å².